The Hall–Kier alpha value is -1.19. The van der Waals surface area contributed by atoms with E-state index in [9.17, 15) is 4.79 Å². The lowest BCUT2D eigenvalue weighted by molar-refractivity contribution is 0.659. The van der Waals surface area contributed by atoms with Crippen molar-refractivity contribution >= 4 is 0 Å². The van der Waals surface area contributed by atoms with Crippen LogP contribution in [0.2, 0.25) is 0 Å². The van der Waals surface area contributed by atoms with E-state index in [4.69, 9.17) is 0 Å². The minimum atomic E-state index is -0.319. The summed E-state index contributed by atoms with van der Waals surface area (Å²) in [5.41, 5.74) is 0.428. The van der Waals surface area contributed by atoms with Crippen LogP contribution >= 0.6 is 0 Å². The van der Waals surface area contributed by atoms with Gasteiger partial charge in [-0.15, -0.1) is 0 Å². The Morgan fingerprint density at radius 1 is 1.45 bits per heavy atom. The number of rotatable bonds is 0. The molecule has 0 amide bonds. The Morgan fingerprint density at radius 3 is 2.36 bits per heavy atom. The summed E-state index contributed by atoms with van der Waals surface area (Å²) in [6.07, 6.45) is 1.45. The van der Waals surface area contributed by atoms with Crippen LogP contribution < -0.4 is 5.69 Å². The molecule has 1 aromatic rings. The first-order valence-corrected chi connectivity index (χ1v) is 3.57. The lowest BCUT2D eigenvalue weighted by atomic mass is 10.6. The van der Waals surface area contributed by atoms with Crippen LogP contribution in [0.4, 0.5) is 0 Å². The SMILES string of the molecule is CC.Cc1cnc(=O)n(C)n1. The standard InChI is InChI=1S/C5H7N3O.C2H6/c1-4-3-6-5(9)8(2)7-4;1-2/h3H,1-2H3;1-2H3. The number of nitrogens with zero attached hydrogens (tertiary/aromatic N) is 3. The Labute approximate surface area is 65.9 Å². The van der Waals surface area contributed by atoms with Gasteiger partial charge in [-0.25, -0.2) is 9.48 Å². The zero-order valence-electron chi connectivity index (χ0n) is 7.33. The predicted octanol–water partition coefficient (Wildman–Crippen LogP) is 0.510. The van der Waals surface area contributed by atoms with Crippen LogP contribution in [-0.2, 0) is 7.05 Å². The third-order valence-electron chi connectivity index (χ3n) is 0.946. The van der Waals surface area contributed by atoms with Crippen molar-refractivity contribution in [2.45, 2.75) is 20.8 Å². The summed E-state index contributed by atoms with van der Waals surface area (Å²) in [4.78, 5) is 14.1. The molecule has 4 nitrogen and oxygen atoms in total. The van der Waals surface area contributed by atoms with Crippen molar-refractivity contribution in [2.75, 3.05) is 0 Å². The van der Waals surface area contributed by atoms with Gasteiger partial charge in [-0.2, -0.15) is 10.1 Å². The van der Waals surface area contributed by atoms with Gasteiger partial charge in [-0.1, -0.05) is 13.8 Å². The maximum atomic E-state index is 10.6. The fourth-order valence-corrected chi connectivity index (χ4v) is 0.537. The van der Waals surface area contributed by atoms with E-state index in [0.29, 0.717) is 0 Å². The van der Waals surface area contributed by atoms with Crippen molar-refractivity contribution in [3.63, 3.8) is 0 Å². The summed E-state index contributed by atoms with van der Waals surface area (Å²) in [6, 6.07) is 0. The van der Waals surface area contributed by atoms with Crippen LogP contribution in [0, 0.1) is 6.92 Å². The fourth-order valence-electron chi connectivity index (χ4n) is 0.537. The molecule has 0 fully saturated rings. The zero-order valence-corrected chi connectivity index (χ0v) is 7.33. The fraction of sp³-hybridized carbons (Fsp3) is 0.571. The molecular weight excluding hydrogens is 142 g/mol. The Balaban J connectivity index is 0.000000461. The van der Waals surface area contributed by atoms with Gasteiger partial charge in [0.25, 0.3) is 0 Å². The van der Waals surface area contributed by atoms with Crippen molar-refractivity contribution in [1.29, 1.82) is 0 Å². The molecule has 1 aromatic heterocycles. The molecule has 1 rings (SSSR count). The molecule has 0 bridgehead atoms. The van der Waals surface area contributed by atoms with E-state index in [1.165, 1.54) is 10.9 Å². The molecule has 0 atom stereocenters. The largest absolute Gasteiger partial charge is 0.363 e. The van der Waals surface area contributed by atoms with E-state index in [2.05, 4.69) is 10.1 Å². The van der Waals surface area contributed by atoms with Gasteiger partial charge in [0.1, 0.15) is 0 Å². The average molecular weight is 155 g/mol. The van der Waals surface area contributed by atoms with E-state index >= 15 is 0 Å². The molecule has 0 aromatic carbocycles. The highest BCUT2D eigenvalue weighted by molar-refractivity contribution is 4.85. The van der Waals surface area contributed by atoms with Crippen molar-refractivity contribution in [3.8, 4) is 0 Å². The Kier molecular flexibility index (Phi) is 4.10. The van der Waals surface area contributed by atoms with Gasteiger partial charge in [0.05, 0.1) is 11.9 Å². The summed E-state index contributed by atoms with van der Waals surface area (Å²) >= 11 is 0. The Morgan fingerprint density at radius 2 is 2.00 bits per heavy atom. The third kappa shape index (κ3) is 2.93. The molecule has 0 aliphatic rings. The van der Waals surface area contributed by atoms with Gasteiger partial charge in [-0.05, 0) is 6.92 Å². The van der Waals surface area contributed by atoms with Crippen molar-refractivity contribution in [3.05, 3.63) is 22.4 Å². The maximum absolute atomic E-state index is 10.6. The average Bonchev–Trinajstić information content (AvgIpc) is 2.02. The molecule has 0 aliphatic heterocycles. The zero-order chi connectivity index (χ0) is 8.85. The molecular formula is C7H13N3O. The van der Waals surface area contributed by atoms with Gasteiger partial charge >= 0.3 is 5.69 Å². The van der Waals surface area contributed by atoms with E-state index in [1.54, 1.807) is 14.0 Å². The van der Waals surface area contributed by atoms with Crippen molar-refractivity contribution in [2.24, 2.45) is 7.05 Å². The number of aryl methyl sites for hydroxylation is 2. The summed E-state index contributed by atoms with van der Waals surface area (Å²) in [7, 11) is 1.57. The highest BCUT2D eigenvalue weighted by Gasteiger charge is 1.89. The first-order chi connectivity index (χ1) is 5.20. The molecule has 0 spiro atoms. The summed E-state index contributed by atoms with van der Waals surface area (Å²) in [5, 5.41) is 3.81. The van der Waals surface area contributed by atoms with E-state index in [0.717, 1.165) is 5.69 Å². The molecule has 0 radical (unpaired) electrons. The summed E-state index contributed by atoms with van der Waals surface area (Å²) in [6.45, 7) is 5.78. The predicted molar refractivity (Wildman–Crippen MR) is 43.4 cm³/mol. The molecule has 11 heavy (non-hydrogen) atoms. The molecule has 0 saturated carbocycles. The van der Waals surface area contributed by atoms with E-state index in [-0.39, 0.29) is 5.69 Å². The lowest BCUT2D eigenvalue weighted by Gasteiger charge is -1.92. The van der Waals surface area contributed by atoms with Crippen LogP contribution in [0.1, 0.15) is 19.5 Å². The molecule has 1 heterocycles. The molecule has 62 valence electrons. The normalized spacial score (nSPS) is 8.36. The minimum Gasteiger partial charge on any atom is -0.244 e. The van der Waals surface area contributed by atoms with Crippen LogP contribution in [0.25, 0.3) is 0 Å². The highest BCUT2D eigenvalue weighted by Crippen LogP contribution is 1.77. The minimum absolute atomic E-state index is 0.319. The van der Waals surface area contributed by atoms with Gasteiger partial charge in [0.2, 0.25) is 0 Å². The molecule has 0 saturated heterocycles. The second-order valence-corrected chi connectivity index (χ2v) is 1.81. The topological polar surface area (TPSA) is 47.8 Å². The number of hydrogen-bond donors (Lipinski definition) is 0. The first-order valence-electron chi connectivity index (χ1n) is 3.57. The second-order valence-electron chi connectivity index (χ2n) is 1.81. The van der Waals surface area contributed by atoms with Gasteiger partial charge < -0.3 is 0 Å². The third-order valence-corrected chi connectivity index (χ3v) is 0.946. The highest BCUT2D eigenvalue weighted by atomic mass is 16.1. The van der Waals surface area contributed by atoms with Crippen molar-refractivity contribution < 1.29 is 0 Å². The van der Waals surface area contributed by atoms with Gasteiger partial charge in [0, 0.05) is 7.05 Å². The van der Waals surface area contributed by atoms with Crippen LogP contribution in [0.5, 0.6) is 0 Å². The van der Waals surface area contributed by atoms with Crippen LogP contribution in [0.3, 0.4) is 0 Å². The van der Waals surface area contributed by atoms with Crippen LogP contribution in [-0.4, -0.2) is 14.8 Å². The van der Waals surface area contributed by atoms with Crippen molar-refractivity contribution in [1.82, 2.24) is 14.8 Å². The summed E-state index contributed by atoms with van der Waals surface area (Å²) < 4.78 is 1.20. The summed E-state index contributed by atoms with van der Waals surface area (Å²) in [5.74, 6) is 0. The molecule has 0 N–H and O–H groups in total. The van der Waals surface area contributed by atoms with Gasteiger partial charge in [0.15, 0.2) is 0 Å². The Bertz CT molecular complexity index is 267. The van der Waals surface area contributed by atoms with E-state index < -0.39 is 0 Å². The second kappa shape index (κ2) is 4.60. The molecule has 4 heteroatoms. The number of aromatic nitrogens is 3. The molecule has 0 unspecified atom stereocenters. The quantitative estimate of drug-likeness (QED) is 0.548. The maximum Gasteiger partial charge on any atom is 0.363 e. The lowest BCUT2D eigenvalue weighted by Crippen LogP contribution is -2.22. The number of hydrogen-bond acceptors (Lipinski definition) is 3. The first kappa shape index (κ1) is 9.81. The molecule has 0 aliphatic carbocycles. The van der Waals surface area contributed by atoms with Crippen LogP contribution in [0.15, 0.2) is 11.0 Å². The monoisotopic (exact) mass is 155 g/mol. The van der Waals surface area contributed by atoms with E-state index in [1.807, 2.05) is 13.8 Å². The van der Waals surface area contributed by atoms with Gasteiger partial charge in [-0.3, -0.25) is 0 Å². The smallest absolute Gasteiger partial charge is 0.244 e.